The zero-order valence-electron chi connectivity index (χ0n) is 19.8. The van der Waals surface area contributed by atoms with Crippen LogP contribution in [0.15, 0.2) is 0 Å². The Balaban J connectivity index is 5.51. The first-order chi connectivity index (χ1) is 11.5. The Bertz CT molecular complexity index is 329. The highest BCUT2D eigenvalue weighted by Gasteiger charge is 2.43. The number of hydrogen-bond donors (Lipinski definition) is 0. The highest BCUT2D eigenvalue weighted by molar-refractivity contribution is 4.92. The third-order valence-electron chi connectivity index (χ3n) is 8.06. The third-order valence-corrected chi connectivity index (χ3v) is 8.06. The number of rotatable bonds is 13. The van der Waals surface area contributed by atoms with Crippen LogP contribution in [0.4, 0.5) is 0 Å². The maximum atomic E-state index is 2.59. The lowest BCUT2D eigenvalue weighted by atomic mass is 9.55. The first kappa shape index (κ1) is 25.0. The third kappa shape index (κ3) is 7.26. The van der Waals surface area contributed by atoms with Crippen molar-refractivity contribution in [1.82, 2.24) is 0 Å². The molecule has 0 spiro atoms. The van der Waals surface area contributed by atoms with E-state index >= 15 is 0 Å². The Labute approximate surface area is 161 Å². The Morgan fingerprint density at radius 1 is 0.760 bits per heavy atom. The summed E-state index contributed by atoms with van der Waals surface area (Å²) >= 11 is 0. The summed E-state index contributed by atoms with van der Waals surface area (Å²) in [6.45, 7) is 27.1. The van der Waals surface area contributed by atoms with Crippen molar-refractivity contribution >= 4 is 0 Å². The van der Waals surface area contributed by atoms with Crippen LogP contribution in [0.2, 0.25) is 0 Å². The maximum Gasteiger partial charge on any atom is -0.0244 e. The second kappa shape index (κ2) is 11.7. The molecule has 0 radical (unpaired) electrons. The lowest BCUT2D eigenvalue weighted by Crippen LogP contribution is -2.42. The van der Waals surface area contributed by atoms with Crippen molar-refractivity contribution in [2.75, 3.05) is 0 Å². The summed E-state index contributed by atoms with van der Waals surface area (Å²) in [5, 5.41) is 0. The minimum absolute atomic E-state index is 0.505. The molecule has 6 unspecified atom stereocenters. The molecular formula is C25H52. The standard InChI is InChI=1S/C25H52/c1-12-20(7)17-21(8)23(10)25(13-2,16-14-15-18(3)4)24(11)22(9)19(5)6/h18-24H,12-17H2,1-11H3. The minimum atomic E-state index is 0.505. The first-order valence-corrected chi connectivity index (χ1v) is 11.5. The van der Waals surface area contributed by atoms with Gasteiger partial charge in [0.15, 0.2) is 0 Å². The van der Waals surface area contributed by atoms with Crippen LogP contribution >= 0.6 is 0 Å². The summed E-state index contributed by atoms with van der Waals surface area (Å²) in [6, 6.07) is 0. The normalized spacial score (nSPS) is 21.0. The van der Waals surface area contributed by atoms with E-state index in [1.54, 1.807) is 0 Å². The van der Waals surface area contributed by atoms with Crippen molar-refractivity contribution in [1.29, 1.82) is 0 Å². The van der Waals surface area contributed by atoms with E-state index in [4.69, 9.17) is 0 Å². The van der Waals surface area contributed by atoms with Gasteiger partial charge in [-0.2, -0.15) is 0 Å². The molecule has 0 aliphatic carbocycles. The van der Waals surface area contributed by atoms with Crippen LogP contribution in [0.5, 0.6) is 0 Å². The van der Waals surface area contributed by atoms with E-state index in [0.717, 1.165) is 41.4 Å². The fourth-order valence-corrected chi connectivity index (χ4v) is 5.20. The SMILES string of the molecule is CCC(C)CC(C)C(C)C(CC)(CCCC(C)C)C(C)C(C)C(C)C. The molecule has 0 heteroatoms. The van der Waals surface area contributed by atoms with Crippen molar-refractivity contribution in [2.45, 2.75) is 115 Å². The Morgan fingerprint density at radius 3 is 1.72 bits per heavy atom. The van der Waals surface area contributed by atoms with Gasteiger partial charge in [-0.3, -0.25) is 0 Å². The summed E-state index contributed by atoms with van der Waals surface area (Å²) in [4.78, 5) is 0. The molecule has 0 aliphatic rings. The molecule has 0 N–H and O–H groups in total. The summed E-state index contributed by atoms with van der Waals surface area (Å²) < 4.78 is 0. The molecule has 0 saturated carbocycles. The summed E-state index contributed by atoms with van der Waals surface area (Å²) in [7, 11) is 0. The van der Waals surface area contributed by atoms with Crippen molar-refractivity contribution in [3.63, 3.8) is 0 Å². The van der Waals surface area contributed by atoms with Crippen molar-refractivity contribution in [3.8, 4) is 0 Å². The summed E-state index contributed by atoms with van der Waals surface area (Å²) in [5.41, 5.74) is 0.505. The van der Waals surface area contributed by atoms with Crippen LogP contribution in [0, 0.1) is 46.8 Å². The minimum Gasteiger partial charge on any atom is -0.0651 e. The van der Waals surface area contributed by atoms with Crippen LogP contribution in [0.25, 0.3) is 0 Å². The van der Waals surface area contributed by atoms with Gasteiger partial charge in [-0.25, -0.2) is 0 Å². The lowest BCUT2D eigenvalue weighted by Gasteiger charge is -2.50. The van der Waals surface area contributed by atoms with Gasteiger partial charge in [0, 0.05) is 0 Å². The van der Waals surface area contributed by atoms with Gasteiger partial charge in [0.25, 0.3) is 0 Å². The predicted molar refractivity (Wildman–Crippen MR) is 117 cm³/mol. The van der Waals surface area contributed by atoms with Crippen LogP contribution in [-0.2, 0) is 0 Å². The molecule has 0 aromatic heterocycles. The number of hydrogen-bond acceptors (Lipinski definition) is 0. The van der Waals surface area contributed by atoms with Crippen molar-refractivity contribution in [2.24, 2.45) is 46.8 Å². The van der Waals surface area contributed by atoms with E-state index in [2.05, 4.69) is 76.2 Å². The quantitative estimate of drug-likeness (QED) is 0.310. The van der Waals surface area contributed by atoms with Crippen LogP contribution in [0.1, 0.15) is 115 Å². The van der Waals surface area contributed by atoms with Crippen LogP contribution in [-0.4, -0.2) is 0 Å². The molecule has 0 fully saturated rings. The molecule has 0 saturated heterocycles. The van der Waals surface area contributed by atoms with E-state index in [0.29, 0.717) is 5.41 Å². The fraction of sp³-hybridized carbons (Fsp3) is 1.00. The molecule has 0 rings (SSSR count). The second-order valence-electron chi connectivity index (χ2n) is 10.3. The molecule has 0 amide bonds. The highest BCUT2D eigenvalue weighted by atomic mass is 14.5. The van der Waals surface area contributed by atoms with Gasteiger partial charge >= 0.3 is 0 Å². The van der Waals surface area contributed by atoms with Crippen LogP contribution < -0.4 is 0 Å². The Morgan fingerprint density at radius 2 is 1.32 bits per heavy atom. The molecule has 0 heterocycles. The van der Waals surface area contributed by atoms with E-state index < -0.39 is 0 Å². The topological polar surface area (TPSA) is 0 Å². The Hall–Kier alpha value is 0. The molecule has 6 atom stereocenters. The van der Waals surface area contributed by atoms with E-state index in [1.807, 2.05) is 0 Å². The van der Waals surface area contributed by atoms with Gasteiger partial charge in [0.2, 0.25) is 0 Å². The maximum absolute atomic E-state index is 2.59. The molecule has 25 heavy (non-hydrogen) atoms. The van der Waals surface area contributed by atoms with Crippen molar-refractivity contribution < 1.29 is 0 Å². The summed E-state index contributed by atoms with van der Waals surface area (Å²) in [6.07, 6.45) is 8.27. The van der Waals surface area contributed by atoms with Crippen molar-refractivity contribution in [3.05, 3.63) is 0 Å². The van der Waals surface area contributed by atoms with Gasteiger partial charge in [-0.15, -0.1) is 0 Å². The van der Waals surface area contributed by atoms with E-state index in [9.17, 15) is 0 Å². The Kier molecular flexibility index (Phi) is 11.7. The van der Waals surface area contributed by atoms with Gasteiger partial charge in [-0.1, -0.05) is 95.4 Å². The predicted octanol–water partition coefficient (Wildman–Crippen LogP) is 8.85. The van der Waals surface area contributed by atoms with Gasteiger partial charge in [0.05, 0.1) is 0 Å². The highest BCUT2D eigenvalue weighted by Crippen LogP contribution is 2.51. The smallest absolute Gasteiger partial charge is 0.0244 e. The lowest BCUT2D eigenvalue weighted by molar-refractivity contribution is -0.00603. The van der Waals surface area contributed by atoms with Gasteiger partial charge < -0.3 is 0 Å². The van der Waals surface area contributed by atoms with Gasteiger partial charge in [0.1, 0.15) is 0 Å². The zero-order chi connectivity index (χ0) is 19.8. The fourth-order valence-electron chi connectivity index (χ4n) is 5.20. The first-order valence-electron chi connectivity index (χ1n) is 11.5. The molecule has 0 aliphatic heterocycles. The largest absolute Gasteiger partial charge is 0.0651 e. The van der Waals surface area contributed by atoms with Gasteiger partial charge in [-0.05, 0) is 66.1 Å². The average molecular weight is 353 g/mol. The summed E-state index contributed by atoms with van der Waals surface area (Å²) in [5.74, 6) is 5.73. The molecule has 0 bridgehead atoms. The average Bonchev–Trinajstić information content (AvgIpc) is 2.56. The molecule has 152 valence electrons. The zero-order valence-corrected chi connectivity index (χ0v) is 19.8. The van der Waals surface area contributed by atoms with Crippen LogP contribution in [0.3, 0.4) is 0 Å². The molecule has 0 nitrogen and oxygen atoms in total. The second-order valence-corrected chi connectivity index (χ2v) is 10.3. The monoisotopic (exact) mass is 352 g/mol. The molecule has 0 aromatic rings. The van der Waals surface area contributed by atoms with E-state index in [1.165, 1.54) is 38.5 Å². The van der Waals surface area contributed by atoms with E-state index in [-0.39, 0.29) is 0 Å². The molecule has 0 aromatic carbocycles. The molecular weight excluding hydrogens is 300 g/mol.